The van der Waals surface area contributed by atoms with Gasteiger partial charge in [-0.25, -0.2) is 0 Å². The number of rotatable bonds is 4. The molecule has 0 bridgehead atoms. The van der Waals surface area contributed by atoms with Gasteiger partial charge in [0.05, 0.1) is 12.1 Å². The van der Waals surface area contributed by atoms with Crippen LogP contribution in [0.3, 0.4) is 0 Å². The normalized spacial score (nSPS) is 19.5. The van der Waals surface area contributed by atoms with Crippen molar-refractivity contribution >= 4 is 34.2 Å². The fourth-order valence-corrected chi connectivity index (χ4v) is 3.75. The molecule has 0 radical (unpaired) electrons. The molecule has 2 aliphatic rings. The van der Waals surface area contributed by atoms with Crippen LogP contribution in [0, 0.1) is 5.92 Å². The van der Waals surface area contributed by atoms with Crippen LogP contribution >= 0.6 is 28.3 Å². The Hall–Kier alpha value is -1.02. The van der Waals surface area contributed by atoms with E-state index in [1.54, 1.807) is 0 Å². The number of nitrogens with two attached hydrogens (primary N) is 1. The van der Waals surface area contributed by atoms with Crippen molar-refractivity contribution in [3.05, 3.63) is 22.2 Å². The summed E-state index contributed by atoms with van der Waals surface area (Å²) in [5, 5.41) is 3.01. The molecule has 1 amide bonds. The number of carbonyl (C=O) groups excluding carboxylic acids is 1. The summed E-state index contributed by atoms with van der Waals surface area (Å²) in [7, 11) is 0. The van der Waals surface area contributed by atoms with E-state index < -0.39 is 6.04 Å². The third-order valence-corrected chi connectivity index (χ3v) is 5.25. The molecule has 3 rings (SSSR count). The van der Waals surface area contributed by atoms with Gasteiger partial charge in [-0.3, -0.25) is 4.79 Å². The Balaban J connectivity index is 0.00000225. The largest absolute Gasteiger partial charge is 0.486 e. The van der Waals surface area contributed by atoms with E-state index >= 15 is 0 Å². The molecule has 0 spiro atoms. The summed E-state index contributed by atoms with van der Waals surface area (Å²) in [6.07, 6.45) is 1.66. The first-order valence-corrected chi connectivity index (χ1v) is 9.08. The Morgan fingerprint density at radius 2 is 1.80 bits per heavy atom. The molecule has 140 valence electrons. The van der Waals surface area contributed by atoms with E-state index in [9.17, 15) is 4.79 Å². The first kappa shape index (κ1) is 20.3. The van der Waals surface area contributed by atoms with Crippen molar-refractivity contribution in [2.24, 2.45) is 11.7 Å². The second-order valence-electron chi connectivity index (χ2n) is 6.22. The molecule has 1 fully saturated rings. The highest BCUT2D eigenvalue weighted by Gasteiger charge is 2.28. The molecular weight excluding hydrogens is 412 g/mol. The number of carbonyl (C=O) groups is 1. The topological polar surface area (TPSA) is 82.8 Å². The van der Waals surface area contributed by atoms with Crippen LogP contribution in [0.4, 0.5) is 0 Å². The van der Waals surface area contributed by atoms with Crippen LogP contribution in [0.2, 0.25) is 0 Å². The molecule has 6 nitrogen and oxygen atoms in total. The second-order valence-corrected chi connectivity index (χ2v) is 7.08. The average molecular weight is 436 g/mol. The SMILES string of the molecule is CC(NC(=O)C(N)C1CCOCC1)c1cc2c(cc1Br)OCCO2.Cl. The Morgan fingerprint density at radius 3 is 2.44 bits per heavy atom. The van der Waals surface area contributed by atoms with Crippen LogP contribution in [-0.4, -0.2) is 38.4 Å². The molecule has 1 saturated heterocycles. The summed E-state index contributed by atoms with van der Waals surface area (Å²) in [6, 6.07) is 3.09. The van der Waals surface area contributed by atoms with E-state index in [2.05, 4.69) is 21.2 Å². The Kier molecular flexibility index (Phi) is 7.37. The molecule has 1 aromatic rings. The average Bonchev–Trinajstić information content (AvgIpc) is 2.61. The zero-order valence-electron chi connectivity index (χ0n) is 14.1. The Bertz CT molecular complexity index is 611. The minimum atomic E-state index is -0.507. The van der Waals surface area contributed by atoms with Crippen molar-refractivity contribution in [3.63, 3.8) is 0 Å². The van der Waals surface area contributed by atoms with Crippen LogP contribution in [0.1, 0.15) is 31.4 Å². The van der Waals surface area contributed by atoms with Gasteiger partial charge < -0.3 is 25.3 Å². The number of fused-ring (bicyclic) bond motifs is 1. The zero-order chi connectivity index (χ0) is 17.1. The highest BCUT2D eigenvalue weighted by atomic mass is 79.9. The number of halogens is 2. The van der Waals surface area contributed by atoms with Gasteiger partial charge in [0.25, 0.3) is 0 Å². The number of hydrogen-bond acceptors (Lipinski definition) is 5. The fourth-order valence-electron chi connectivity index (χ4n) is 3.09. The Morgan fingerprint density at radius 1 is 1.20 bits per heavy atom. The molecule has 0 saturated carbocycles. The summed E-state index contributed by atoms with van der Waals surface area (Å²) in [4.78, 5) is 12.5. The van der Waals surface area contributed by atoms with E-state index in [1.165, 1.54) is 0 Å². The van der Waals surface area contributed by atoms with Crippen LogP contribution in [0.5, 0.6) is 11.5 Å². The summed E-state index contributed by atoms with van der Waals surface area (Å²) in [5.41, 5.74) is 7.08. The molecule has 2 unspecified atom stereocenters. The molecule has 25 heavy (non-hydrogen) atoms. The van der Waals surface area contributed by atoms with Crippen LogP contribution in [0.25, 0.3) is 0 Å². The van der Waals surface area contributed by atoms with Crippen molar-refractivity contribution in [1.82, 2.24) is 5.32 Å². The first-order valence-electron chi connectivity index (χ1n) is 8.29. The summed E-state index contributed by atoms with van der Waals surface area (Å²) < 4.78 is 17.4. The number of benzene rings is 1. The van der Waals surface area contributed by atoms with Gasteiger partial charge in [-0.05, 0) is 43.4 Å². The highest BCUT2D eigenvalue weighted by Crippen LogP contribution is 2.37. The zero-order valence-corrected chi connectivity index (χ0v) is 16.5. The minimum Gasteiger partial charge on any atom is -0.486 e. The van der Waals surface area contributed by atoms with Gasteiger partial charge in [-0.2, -0.15) is 0 Å². The van der Waals surface area contributed by atoms with Gasteiger partial charge >= 0.3 is 0 Å². The predicted octanol–water partition coefficient (Wildman–Crippen LogP) is 2.57. The smallest absolute Gasteiger partial charge is 0.237 e. The molecular formula is C17H24BrClN2O4. The molecule has 2 heterocycles. The maximum atomic E-state index is 12.5. The van der Waals surface area contributed by atoms with Gasteiger partial charge in [-0.15, -0.1) is 12.4 Å². The fraction of sp³-hybridized carbons (Fsp3) is 0.588. The van der Waals surface area contributed by atoms with E-state index in [0.717, 1.165) is 22.9 Å². The number of hydrogen-bond donors (Lipinski definition) is 2. The van der Waals surface area contributed by atoms with Gasteiger partial charge in [0.2, 0.25) is 5.91 Å². The summed E-state index contributed by atoms with van der Waals surface area (Å²) in [5.74, 6) is 1.47. The van der Waals surface area contributed by atoms with E-state index in [4.69, 9.17) is 19.9 Å². The predicted molar refractivity (Wildman–Crippen MR) is 100 cm³/mol. The maximum Gasteiger partial charge on any atom is 0.237 e. The van der Waals surface area contributed by atoms with Crippen LogP contribution < -0.4 is 20.5 Å². The molecule has 8 heteroatoms. The third kappa shape index (κ3) is 4.78. The number of nitrogens with one attached hydrogen (secondary N) is 1. The van der Waals surface area contributed by atoms with Gasteiger partial charge in [0.15, 0.2) is 11.5 Å². The maximum absolute atomic E-state index is 12.5. The van der Waals surface area contributed by atoms with E-state index in [-0.39, 0.29) is 30.3 Å². The molecule has 3 N–H and O–H groups in total. The van der Waals surface area contributed by atoms with Crippen molar-refractivity contribution in [1.29, 1.82) is 0 Å². The molecule has 1 aromatic carbocycles. The lowest BCUT2D eigenvalue weighted by Crippen LogP contribution is -2.47. The van der Waals surface area contributed by atoms with E-state index in [0.29, 0.717) is 37.9 Å². The standard InChI is InChI=1S/C17H23BrN2O4.ClH/c1-10(20-17(21)16(19)11-2-4-22-5-3-11)12-8-14-15(9-13(12)18)24-7-6-23-14;/h8-11,16H,2-7,19H2,1H3,(H,20,21);1H. The van der Waals surface area contributed by atoms with Crippen LogP contribution in [0.15, 0.2) is 16.6 Å². The molecule has 0 aromatic heterocycles. The quantitative estimate of drug-likeness (QED) is 0.759. The lowest BCUT2D eigenvalue weighted by molar-refractivity contribution is -0.125. The summed E-state index contributed by atoms with van der Waals surface area (Å²) in [6.45, 7) is 4.36. The summed E-state index contributed by atoms with van der Waals surface area (Å²) >= 11 is 3.54. The third-order valence-electron chi connectivity index (χ3n) is 4.56. The lowest BCUT2D eigenvalue weighted by Gasteiger charge is -2.28. The molecule has 2 atom stereocenters. The van der Waals surface area contributed by atoms with Gasteiger partial charge in [-0.1, -0.05) is 15.9 Å². The first-order chi connectivity index (χ1) is 11.6. The Labute approximate surface area is 162 Å². The van der Waals surface area contributed by atoms with Crippen molar-refractivity contribution in [3.8, 4) is 11.5 Å². The number of amides is 1. The van der Waals surface area contributed by atoms with Crippen molar-refractivity contribution in [2.45, 2.75) is 31.8 Å². The van der Waals surface area contributed by atoms with Gasteiger partial charge in [0, 0.05) is 17.7 Å². The van der Waals surface area contributed by atoms with Crippen molar-refractivity contribution < 1.29 is 19.0 Å². The molecule has 2 aliphatic heterocycles. The lowest BCUT2D eigenvalue weighted by atomic mass is 9.91. The van der Waals surface area contributed by atoms with Gasteiger partial charge in [0.1, 0.15) is 13.2 Å². The van der Waals surface area contributed by atoms with E-state index in [1.807, 2.05) is 19.1 Å². The minimum absolute atomic E-state index is 0. The van der Waals surface area contributed by atoms with Crippen LogP contribution in [-0.2, 0) is 9.53 Å². The highest BCUT2D eigenvalue weighted by molar-refractivity contribution is 9.10. The monoisotopic (exact) mass is 434 g/mol. The molecule has 0 aliphatic carbocycles. The second kappa shape index (κ2) is 9.07. The van der Waals surface area contributed by atoms with Crippen molar-refractivity contribution in [2.75, 3.05) is 26.4 Å². The number of ether oxygens (including phenoxy) is 3.